The molecule has 0 spiro atoms. The highest BCUT2D eigenvalue weighted by atomic mass is 15.2. The second-order valence-electron chi connectivity index (χ2n) is 5.29. The van der Waals surface area contributed by atoms with Gasteiger partial charge in [0, 0.05) is 32.2 Å². The van der Waals surface area contributed by atoms with E-state index in [1.165, 1.54) is 0 Å². The Kier molecular flexibility index (Phi) is 5.34. The molecule has 0 saturated carbocycles. The zero-order chi connectivity index (χ0) is 13.7. The van der Waals surface area contributed by atoms with Crippen molar-refractivity contribution in [1.29, 1.82) is 0 Å². The third-order valence-electron chi connectivity index (χ3n) is 2.46. The van der Waals surface area contributed by atoms with Gasteiger partial charge in [-0.1, -0.05) is 13.8 Å². The van der Waals surface area contributed by atoms with Gasteiger partial charge in [-0.2, -0.15) is 0 Å². The van der Waals surface area contributed by atoms with Crippen LogP contribution in [0.5, 0.6) is 0 Å². The van der Waals surface area contributed by atoms with Crippen LogP contribution in [0.3, 0.4) is 0 Å². The van der Waals surface area contributed by atoms with Gasteiger partial charge in [0.05, 0.1) is 0 Å². The predicted molar refractivity (Wildman–Crippen MR) is 77.0 cm³/mol. The van der Waals surface area contributed by atoms with Crippen LogP contribution in [0.4, 0.5) is 11.6 Å². The summed E-state index contributed by atoms with van der Waals surface area (Å²) in [5.41, 5.74) is 5.73. The number of nitrogens with one attached hydrogen (secondary N) is 1. The fraction of sp³-hybridized carbons (Fsp3) is 0.692. The molecule has 102 valence electrons. The van der Waals surface area contributed by atoms with Crippen molar-refractivity contribution >= 4 is 11.6 Å². The molecule has 18 heavy (non-hydrogen) atoms. The standard InChI is InChI=1S/C13H25N5/c1-9(2)8-18(5)13-6-12(15-7-10(3)14)16-11(4)17-13/h6,9-10H,7-8,14H2,1-5H3,(H,15,16,17). The summed E-state index contributed by atoms with van der Waals surface area (Å²) in [6.07, 6.45) is 0. The molecule has 1 aromatic heterocycles. The lowest BCUT2D eigenvalue weighted by molar-refractivity contribution is 0.633. The molecule has 5 nitrogen and oxygen atoms in total. The van der Waals surface area contributed by atoms with Gasteiger partial charge in [-0.25, -0.2) is 9.97 Å². The van der Waals surface area contributed by atoms with Gasteiger partial charge in [-0.15, -0.1) is 0 Å². The van der Waals surface area contributed by atoms with Crippen molar-refractivity contribution < 1.29 is 0 Å². The fourth-order valence-electron chi connectivity index (χ4n) is 1.74. The number of hydrogen-bond acceptors (Lipinski definition) is 5. The van der Waals surface area contributed by atoms with E-state index in [0.29, 0.717) is 12.5 Å². The van der Waals surface area contributed by atoms with Gasteiger partial charge in [-0.05, 0) is 19.8 Å². The second-order valence-corrected chi connectivity index (χ2v) is 5.29. The molecule has 1 atom stereocenters. The third kappa shape index (κ3) is 4.87. The summed E-state index contributed by atoms with van der Waals surface area (Å²) in [6.45, 7) is 9.95. The van der Waals surface area contributed by atoms with Crippen LogP contribution in [0, 0.1) is 12.8 Å². The van der Waals surface area contributed by atoms with Crippen LogP contribution in [0.2, 0.25) is 0 Å². The summed E-state index contributed by atoms with van der Waals surface area (Å²) in [7, 11) is 2.05. The smallest absolute Gasteiger partial charge is 0.134 e. The normalized spacial score (nSPS) is 12.6. The average Bonchev–Trinajstić information content (AvgIpc) is 2.24. The molecule has 0 aliphatic heterocycles. The lowest BCUT2D eigenvalue weighted by Gasteiger charge is -2.21. The molecular weight excluding hydrogens is 226 g/mol. The Hall–Kier alpha value is -1.36. The Balaban J connectivity index is 2.79. The molecule has 0 aliphatic carbocycles. The Bertz CT molecular complexity index is 376. The minimum atomic E-state index is 0.108. The van der Waals surface area contributed by atoms with Crippen LogP contribution in [-0.4, -0.2) is 36.1 Å². The van der Waals surface area contributed by atoms with Crippen molar-refractivity contribution in [2.24, 2.45) is 11.7 Å². The zero-order valence-electron chi connectivity index (χ0n) is 12.1. The van der Waals surface area contributed by atoms with Crippen LogP contribution < -0.4 is 16.0 Å². The summed E-state index contributed by atoms with van der Waals surface area (Å²) in [5.74, 6) is 3.16. The van der Waals surface area contributed by atoms with E-state index >= 15 is 0 Å². The number of aryl methyl sites for hydroxylation is 1. The maximum absolute atomic E-state index is 5.73. The third-order valence-corrected chi connectivity index (χ3v) is 2.46. The van der Waals surface area contributed by atoms with Gasteiger partial charge in [0.15, 0.2) is 0 Å². The number of nitrogens with two attached hydrogens (primary N) is 1. The molecule has 1 unspecified atom stereocenters. The van der Waals surface area contributed by atoms with Gasteiger partial charge >= 0.3 is 0 Å². The van der Waals surface area contributed by atoms with Gasteiger partial charge < -0.3 is 16.0 Å². The van der Waals surface area contributed by atoms with Crippen molar-refractivity contribution in [2.75, 3.05) is 30.4 Å². The minimum absolute atomic E-state index is 0.108. The van der Waals surface area contributed by atoms with E-state index < -0.39 is 0 Å². The van der Waals surface area contributed by atoms with Crippen molar-refractivity contribution in [1.82, 2.24) is 9.97 Å². The van der Waals surface area contributed by atoms with Crippen LogP contribution in [-0.2, 0) is 0 Å². The van der Waals surface area contributed by atoms with E-state index in [1.54, 1.807) is 0 Å². The molecule has 1 heterocycles. The first-order chi connectivity index (χ1) is 8.38. The molecule has 0 radical (unpaired) electrons. The number of anilines is 2. The maximum Gasteiger partial charge on any atom is 0.134 e. The van der Waals surface area contributed by atoms with E-state index in [-0.39, 0.29) is 6.04 Å². The van der Waals surface area contributed by atoms with E-state index in [0.717, 1.165) is 24.0 Å². The first kappa shape index (κ1) is 14.7. The molecule has 0 amide bonds. The molecule has 1 rings (SSSR count). The van der Waals surface area contributed by atoms with Crippen molar-refractivity contribution in [2.45, 2.75) is 33.7 Å². The predicted octanol–water partition coefficient (Wildman–Crippen LogP) is 1.64. The van der Waals surface area contributed by atoms with Gasteiger partial charge in [0.2, 0.25) is 0 Å². The van der Waals surface area contributed by atoms with Gasteiger partial charge in [0.1, 0.15) is 17.5 Å². The van der Waals surface area contributed by atoms with Crippen molar-refractivity contribution in [3.05, 3.63) is 11.9 Å². The molecular formula is C13H25N5. The molecule has 5 heteroatoms. The Morgan fingerprint density at radius 1 is 1.33 bits per heavy atom. The number of hydrogen-bond donors (Lipinski definition) is 2. The highest BCUT2D eigenvalue weighted by Crippen LogP contribution is 2.15. The molecule has 0 aliphatic rings. The Morgan fingerprint density at radius 2 is 2.00 bits per heavy atom. The lowest BCUT2D eigenvalue weighted by Crippen LogP contribution is -2.26. The van der Waals surface area contributed by atoms with Crippen LogP contribution in [0.15, 0.2) is 6.07 Å². The Morgan fingerprint density at radius 3 is 2.56 bits per heavy atom. The Labute approximate surface area is 110 Å². The minimum Gasteiger partial charge on any atom is -0.368 e. The number of rotatable bonds is 6. The maximum atomic E-state index is 5.73. The quantitative estimate of drug-likeness (QED) is 0.804. The van der Waals surface area contributed by atoms with Crippen LogP contribution in [0.25, 0.3) is 0 Å². The summed E-state index contributed by atoms with van der Waals surface area (Å²) >= 11 is 0. The number of nitrogens with zero attached hydrogens (tertiary/aromatic N) is 3. The largest absolute Gasteiger partial charge is 0.368 e. The lowest BCUT2D eigenvalue weighted by atomic mass is 10.2. The van der Waals surface area contributed by atoms with E-state index in [4.69, 9.17) is 5.73 Å². The van der Waals surface area contributed by atoms with E-state index in [1.807, 2.05) is 19.9 Å². The highest BCUT2D eigenvalue weighted by molar-refractivity contribution is 5.49. The number of aromatic nitrogens is 2. The van der Waals surface area contributed by atoms with E-state index in [9.17, 15) is 0 Å². The molecule has 1 aromatic rings. The molecule has 3 N–H and O–H groups in total. The topological polar surface area (TPSA) is 67.1 Å². The first-order valence-electron chi connectivity index (χ1n) is 6.44. The first-order valence-corrected chi connectivity index (χ1v) is 6.44. The fourth-order valence-corrected chi connectivity index (χ4v) is 1.74. The molecule has 0 bridgehead atoms. The molecule has 0 aromatic carbocycles. The monoisotopic (exact) mass is 251 g/mol. The van der Waals surface area contributed by atoms with E-state index in [2.05, 4.69) is 41.1 Å². The van der Waals surface area contributed by atoms with Gasteiger partial charge in [0.25, 0.3) is 0 Å². The van der Waals surface area contributed by atoms with Gasteiger partial charge in [-0.3, -0.25) is 0 Å². The average molecular weight is 251 g/mol. The van der Waals surface area contributed by atoms with Crippen LogP contribution in [0.1, 0.15) is 26.6 Å². The summed E-state index contributed by atoms with van der Waals surface area (Å²) < 4.78 is 0. The molecule has 0 fully saturated rings. The second kappa shape index (κ2) is 6.54. The summed E-state index contributed by atoms with van der Waals surface area (Å²) in [4.78, 5) is 11.0. The summed E-state index contributed by atoms with van der Waals surface area (Å²) in [6, 6.07) is 2.08. The SMILES string of the molecule is Cc1nc(NCC(C)N)cc(N(C)CC(C)C)n1. The summed E-state index contributed by atoms with van der Waals surface area (Å²) in [5, 5.41) is 3.23. The molecule has 0 saturated heterocycles. The van der Waals surface area contributed by atoms with Crippen LogP contribution >= 0.6 is 0 Å². The zero-order valence-corrected chi connectivity index (χ0v) is 12.1. The van der Waals surface area contributed by atoms with Crippen molar-refractivity contribution in [3.8, 4) is 0 Å². The highest BCUT2D eigenvalue weighted by Gasteiger charge is 2.08. The van der Waals surface area contributed by atoms with Crippen molar-refractivity contribution in [3.63, 3.8) is 0 Å².